The molecule has 0 spiro atoms. The minimum atomic E-state index is -0.251. The average Bonchev–Trinajstić information content (AvgIpc) is 2.83. The number of aliphatic hydroxyl groups excluding tert-OH is 1. The van der Waals surface area contributed by atoms with E-state index in [2.05, 4.69) is 25.6 Å². The van der Waals surface area contributed by atoms with Crippen molar-refractivity contribution in [3.8, 4) is 5.75 Å². The van der Waals surface area contributed by atoms with E-state index < -0.39 is 0 Å². The van der Waals surface area contributed by atoms with Gasteiger partial charge in [-0.15, -0.1) is 10.2 Å². The van der Waals surface area contributed by atoms with Crippen molar-refractivity contribution in [2.75, 3.05) is 37.0 Å². The van der Waals surface area contributed by atoms with E-state index >= 15 is 0 Å². The normalized spacial score (nSPS) is 14.7. The molecule has 2 heterocycles. The van der Waals surface area contributed by atoms with Crippen LogP contribution in [0.4, 0.5) is 11.6 Å². The number of nitrogens with one attached hydrogen (secondary N) is 1. The molecule has 0 unspecified atom stereocenters. The van der Waals surface area contributed by atoms with Crippen LogP contribution in [0, 0.1) is 0 Å². The van der Waals surface area contributed by atoms with Crippen LogP contribution in [0.2, 0.25) is 5.02 Å². The zero-order valence-electron chi connectivity index (χ0n) is 18.8. The van der Waals surface area contributed by atoms with Gasteiger partial charge in [-0.25, -0.2) is 0 Å². The molecule has 0 bridgehead atoms. The molecule has 0 amide bonds. The third-order valence-corrected chi connectivity index (χ3v) is 5.93. The lowest BCUT2D eigenvalue weighted by Gasteiger charge is -2.31. The number of hydrogen-bond acceptors (Lipinski definition) is 8. The molecule has 1 aliphatic heterocycles. The van der Waals surface area contributed by atoms with Crippen LogP contribution in [0.5, 0.6) is 5.75 Å². The van der Waals surface area contributed by atoms with Gasteiger partial charge in [-0.3, -0.25) is 0 Å². The van der Waals surface area contributed by atoms with E-state index in [0.717, 1.165) is 53.6 Å². The highest BCUT2D eigenvalue weighted by molar-refractivity contribution is 6.32. The first-order chi connectivity index (χ1) is 16.1. The minimum absolute atomic E-state index is 0.251. The molecule has 2 aromatic carbocycles. The number of nitrogens with zero attached hydrogens (tertiary/aromatic N) is 4. The maximum Gasteiger partial charge on any atom is 0.159 e. The summed E-state index contributed by atoms with van der Waals surface area (Å²) >= 11 is 6.27. The van der Waals surface area contributed by atoms with Gasteiger partial charge in [-0.1, -0.05) is 28.9 Å². The van der Waals surface area contributed by atoms with Gasteiger partial charge in [0.05, 0.1) is 24.5 Å². The van der Waals surface area contributed by atoms with Crippen LogP contribution < -0.4 is 15.0 Å². The van der Waals surface area contributed by atoms with Gasteiger partial charge in [-0.2, -0.15) is 0 Å². The summed E-state index contributed by atoms with van der Waals surface area (Å²) in [6.45, 7) is 4.42. The van der Waals surface area contributed by atoms with Crippen molar-refractivity contribution in [2.24, 2.45) is 5.16 Å². The van der Waals surface area contributed by atoms with Crippen LogP contribution in [0.25, 0.3) is 10.8 Å². The molecular weight excluding hydrogens is 442 g/mol. The predicted octanol–water partition coefficient (Wildman–Crippen LogP) is 4.24. The van der Waals surface area contributed by atoms with Gasteiger partial charge in [0.2, 0.25) is 0 Å². The number of methoxy groups -OCH3 is 1. The third-order valence-electron chi connectivity index (χ3n) is 5.63. The molecule has 1 aromatic heterocycles. The first-order valence-corrected chi connectivity index (χ1v) is 11.4. The molecule has 9 heteroatoms. The standard InChI is InChI=1S/C24H28ClN5O3/c1-3-33-27-15-16-4-6-19-20(12-16)23(26-14-17-5-7-22(32-2)21(25)13-17)28-29-24(19)30-10-8-18(31)9-11-30/h4-7,12-13,15,18,31H,3,8-11,14H2,1-2H3,(H,26,28). The Labute approximate surface area is 198 Å². The Balaban J connectivity index is 1.66. The molecule has 0 atom stereocenters. The lowest BCUT2D eigenvalue weighted by Crippen LogP contribution is -2.36. The quantitative estimate of drug-likeness (QED) is 0.376. The van der Waals surface area contributed by atoms with Crippen molar-refractivity contribution < 1.29 is 14.7 Å². The molecule has 1 saturated heterocycles. The van der Waals surface area contributed by atoms with E-state index in [1.165, 1.54) is 0 Å². The van der Waals surface area contributed by atoms with E-state index in [4.69, 9.17) is 21.2 Å². The number of oxime groups is 1. The Bertz CT molecular complexity index is 1130. The smallest absolute Gasteiger partial charge is 0.159 e. The third kappa shape index (κ3) is 5.46. The number of aromatic nitrogens is 2. The first kappa shape index (κ1) is 23.1. The summed E-state index contributed by atoms with van der Waals surface area (Å²) in [4.78, 5) is 7.30. The van der Waals surface area contributed by atoms with E-state index in [-0.39, 0.29) is 6.10 Å². The molecule has 1 aliphatic rings. The SMILES string of the molecule is CCON=Cc1ccc2c(N3CCC(O)CC3)nnc(NCc3ccc(OC)c(Cl)c3)c2c1. The molecular formula is C24H28ClN5O3. The molecule has 3 aromatic rings. The Hall–Kier alpha value is -3.10. The van der Waals surface area contributed by atoms with E-state index in [9.17, 15) is 5.11 Å². The second-order valence-corrected chi connectivity index (χ2v) is 8.28. The van der Waals surface area contributed by atoms with Gasteiger partial charge in [-0.05, 0) is 55.2 Å². The van der Waals surface area contributed by atoms with Crippen LogP contribution >= 0.6 is 11.6 Å². The number of benzene rings is 2. The Morgan fingerprint density at radius 3 is 2.73 bits per heavy atom. The first-order valence-electron chi connectivity index (χ1n) is 11.0. The Morgan fingerprint density at radius 2 is 2.00 bits per heavy atom. The number of aliphatic hydroxyl groups is 1. The fraction of sp³-hybridized carbons (Fsp3) is 0.375. The van der Waals surface area contributed by atoms with Crippen molar-refractivity contribution in [1.29, 1.82) is 0 Å². The van der Waals surface area contributed by atoms with Crippen molar-refractivity contribution in [1.82, 2.24) is 10.2 Å². The largest absolute Gasteiger partial charge is 0.495 e. The molecule has 4 rings (SSSR count). The van der Waals surface area contributed by atoms with Crippen LogP contribution in [-0.4, -0.2) is 54.4 Å². The lowest BCUT2D eigenvalue weighted by atomic mass is 10.1. The summed E-state index contributed by atoms with van der Waals surface area (Å²) < 4.78 is 5.23. The minimum Gasteiger partial charge on any atom is -0.495 e. The maximum atomic E-state index is 9.88. The summed E-state index contributed by atoms with van der Waals surface area (Å²) in [5.41, 5.74) is 1.90. The zero-order chi connectivity index (χ0) is 23.2. The van der Waals surface area contributed by atoms with Crippen molar-refractivity contribution in [3.05, 3.63) is 52.5 Å². The molecule has 8 nitrogen and oxygen atoms in total. The molecule has 174 valence electrons. The monoisotopic (exact) mass is 469 g/mol. The van der Waals surface area contributed by atoms with Crippen LogP contribution in [0.1, 0.15) is 30.9 Å². The predicted molar refractivity (Wildman–Crippen MR) is 132 cm³/mol. The average molecular weight is 470 g/mol. The fourth-order valence-corrected chi connectivity index (χ4v) is 4.14. The highest BCUT2D eigenvalue weighted by Gasteiger charge is 2.21. The zero-order valence-corrected chi connectivity index (χ0v) is 19.5. The highest BCUT2D eigenvalue weighted by atomic mass is 35.5. The van der Waals surface area contributed by atoms with Crippen LogP contribution in [0.3, 0.4) is 0 Å². The van der Waals surface area contributed by atoms with E-state index in [1.54, 1.807) is 13.3 Å². The number of rotatable bonds is 8. The number of ether oxygens (including phenoxy) is 1. The van der Waals surface area contributed by atoms with Gasteiger partial charge in [0.25, 0.3) is 0 Å². The summed E-state index contributed by atoms with van der Waals surface area (Å²) in [6, 6.07) is 11.7. The number of hydrogen-bond donors (Lipinski definition) is 2. The van der Waals surface area contributed by atoms with Gasteiger partial charge < -0.3 is 24.9 Å². The van der Waals surface area contributed by atoms with E-state index in [0.29, 0.717) is 29.7 Å². The van der Waals surface area contributed by atoms with Crippen LogP contribution in [0.15, 0.2) is 41.6 Å². The Kier molecular flexibility index (Phi) is 7.47. The molecule has 1 fully saturated rings. The summed E-state index contributed by atoms with van der Waals surface area (Å²) in [6.07, 6.45) is 2.88. The lowest BCUT2D eigenvalue weighted by molar-refractivity contribution is 0.145. The van der Waals surface area contributed by atoms with Crippen molar-refractivity contribution in [2.45, 2.75) is 32.4 Å². The van der Waals surface area contributed by atoms with Gasteiger partial charge >= 0.3 is 0 Å². The van der Waals surface area contributed by atoms with Gasteiger partial charge in [0, 0.05) is 30.4 Å². The maximum absolute atomic E-state index is 9.88. The second kappa shape index (κ2) is 10.7. The number of piperidine rings is 1. The van der Waals surface area contributed by atoms with Crippen LogP contribution in [-0.2, 0) is 11.4 Å². The number of anilines is 2. The molecule has 33 heavy (non-hydrogen) atoms. The van der Waals surface area contributed by atoms with Crippen molar-refractivity contribution in [3.63, 3.8) is 0 Å². The molecule has 2 N–H and O–H groups in total. The number of halogens is 1. The summed E-state index contributed by atoms with van der Waals surface area (Å²) in [5, 5.41) is 28.8. The van der Waals surface area contributed by atoms with Crippen molar-refractivity contribution >= 4 is 40.2 Å². The molecule has 0 saturated carbocycles. The number of fused-ring (bicyclic) bond motifs is 1. The Morgan fingerprint density at radius 1 is 1.18 bits per heavy atom. The fourth-order valence-electron chi connectivity index (χ4n) is 3.86. The topological polar surface area (TPSA) is 92.1 Å². The van der Waals surface area contributed by atoms with Gasteiger partial charge in [0.15, 0.2) is 11.6 Å². The van der Waals surface area contributed by atoms with E-state index in [1.807, 2.05) is 43.3 Å². The van der Waals surface area contributed by atoms with Gasteiger partial charge in [0.1, 0.15) is 12.4 Å². The molecule has 0 aliphatic carbocycles. The highest BCUT2D eigenvalue weighted by Crippen LogP contribution is 2.31. The summed E-state index contributed by atoms with van der Waals surface area (Å²) in [7, 11) is 1.60. The molecule has 0 radical (unpaired) electrons. The second-order valence-electron chi connectivity index (χ2n) is 7.87. The summed E-state index contributed by atoms with van der Waals surface area (Å²) in [5.74, 6) is 2.13.